The minimum Gasteiger partial charge on any atom is -0.493 e. The molecule has 106 valence electrons. The van der Waals surface area contributed by atoms with Gasteiger partial charge < -0.3 is 14.4 Å². The summed E-state index contributed by atoms with van der Waals surface area (Å²) < 4.78 is 11.1. The van der Waals surface area contributed by atoms with Gasteiger partial charge >= 0.3 is 0 Å². The summed E-state index contributed by atoms with van der Waals surface area (Å²) in [6.45, 7) is 0. The smallest absolute Gasteiger partial charge is 0.264 e. The first kappa shape index (κ1) is 16.1. The Balaban J connectivity index is 3.31. The Morgan fingerprint density at radius 3 is 2.45 bits per heavy atom. The number of halogens is 1. The molecule has 0 aliphatic rings. The van der Waals surface area contributed by atoms with Crippen molar-refractivity contribution in [3.63, 3.8) is 0 Å². The molecule has 0 saturated heterocycles. The Morgan fingerprint density at radius 2 is 2.00 bits per heavy atom. The normalized spacial score (nSPS) is 10.7. The predicted molar refractivity (Wildman–Crippen MR) is 79.5 cm³/mol. The van der Waals surface area contributed by atoms with Crippen LogP contribution in [0.15, 0.2) is 22.2 Å². The molecule has 0 fully saturated rings. The van der Waals surface area contributed by atoms with Crippen molar-refractivity contribution in [1.29, 1.82) is 5.26 Å². The van der Waals surface area contributed by atoms with E-state index in [1.807, 2.05) is 6.07 Å². The molecule has 0 heterocycles. The van der Waals surface area contributed by atoms with Gasteiger partial charge in [0.1, 0.15) is 11.6 Å². The lowest BCUT2D eigenvalue weighted by Crippen LogP contribution is -2.22. The lowest BCUT2D eigenvalue weighted by molar-refractivity contribution is -0.124. The minimum atomic E-state index is -0.349. The Bertz CT molecular complexity index is 589. The number of rotatable bonds is 4. The molecule has 0 saturated carbocycles. The molecule has 0 spiro atoms. The van der Waals surface area contributed by atoms with Crippen molar-refractivity contribution in [2.45, 2.75) is 0 Å². The molecule has 6 heteroatoms. The number of nitrogens with zero attached hydrogens (tertiary/aromatic N) is 2. The standard InChI is InChI=1S/C14H15BrN2O3/c1-17(2)14(18)10(8-16)5-9-6-11(15)13(20-4)12(7-9)19-3/h5-7H,1-4H3/b10-5+. The van der Waals surface area contributed by atoms with Crippen molar-refractivity contribution in [3.05, 3.63) is 27.7 Å². The molecule has 5 nitrogen and oxygen atoms in total. The highest BCUT2D eigenvalue weighted by Gasteiger charge is 2.14. The summed E-state index contributed by atoms with van der Waals surface area (Å²) in [6.07, 6.45) is 1.51. The average Bonchev–Trinajstić information content (AvgIpc) is 2.43. The van der Waals surface area contributed by atoms with E-state index >= 15 is 0 Å². The molecular formula is C14H15BrN2O3. The zero-order valence-corrected chi connectivity index (χ0v) is 13.3. The number of ether oxygens (including phenoxy) is 2. The summed E-state index contributed by atoms with van der Waals surface area (Å²) in [4.78, 5) is 13.2. The van der Waals surface area contributed by atoms with E-state index in [9.17, 15) is 4.79 Å². The molecule has 1 aromatic carbocycles. The highest BCUT2D eigenvalue weighted by atomic mass is 79.9. The number of hydrogen-bond acceptors (Lipinski definition) is 4. The zero-order chi connectivity index (χ0) is 15.3. The lowest BCUT2D eigenvalue weighted by Gasteiger charge is -2.11. The van der Waals surface area contributed by atoms with Crippen molar-refractivity contribution < 1.29 is 14.3 Å². The topological polar surface area (TPSA) is 62.6 Å². The first-order valence-corrected chi connectivity index (χ1v) is 6.48. The van der Waals surface area contributed by atoms with Crippen LogP contribution >= 0.6 is 15.9 Å². The summed E-state index contributed by atoms with van der Waals surface area (Å²) in [5.74, 6) is 0.725. The maximum atomic E-state index is 11.8. The Kier molecular flexibility index (Phi) is 5.59. The third kappa shape index (κ3) is 3.52. The van der Waals surface area contributed by atoms with Gasteiger partial charge in [0.2, 0.25) is 0 Å². The molecule has 0 aliphatic carbocycles. The van der Waals surface area contributed by atoms with Crippen molar-refractivity contribution in [2.24, 2.45) is 0 Å². The molecule has 0 atom stereocenters. The quantitative estimate of drug-likeness (QED) is 0.624. The SMILES string of the molecule is COc1cc(/C=C(\C#N)C(=O)N(C)C)cc(Br)c1OC. The van der Waals surface area contributed by atoms with Gasteiger partial charge in [0.25, 0.3) is 5.91 Å². The maximum absolute atomic E-state index is 11.8. The number of carbonyl (C=O) groups is 1. The van der Waals surface area contributed by atoms with Crippen LogP contribution in [0.3, 0.4) is 0 Å². The number of nitriles is 1. The molecule has 0 unspecified atom stereocenters. The molecule has 0 aromatic heterocycles. The molecule has 1 amide bonds. The second-order valence-electron chi connectivity index (χ2n) is 4.11. The molecule has 0 aliphatic heterocycles. The minimum absolute atomic E-state index is 0.0501. The fourth-order valence-corrected chi connectivity index (χ4v) is 2.19. The van der Waals surface area contributed by atoms with Gasteiger partial charge in [0.15, 0.2) is 11.5 Å². The van der Waals surface area contributed by atoms with Crippen LogP contribution in [0, 0.1) is 11.3 Å². The summed E-state index contributed by atoms with van der Waals surface area (Å²) in [6, 6.07) is 5.35. The molecule has 1 rings (SSSR count). The van der Waals surface area contributed by atoms with E-state index in [0.717, 1.165) is 0 Å². The average molecular weight is 339 g/mol. The molecular weight excluding hydrogens is 324 g/mol. The summed E-state index contributed by atoms with van der Waals surface area (Å²) in [7, 11) is 6.25. The summed E-state index contributed by atoms with van der Waals surface area (Å²) in [5.41, 5.74) is 0.718. The number of benzene rings is 1. The molecule has 20 heavy (non-hydrogen) atoms. The van der Waals surface area contributed by atoms with Crippen LogP contribution in [0.5, 0.6) is 11.5 Å². The Hall–Kier alpha value is -2.00. The van der Waals surface area contributed by atoms with Crippen LogP contribution in [-0.4, -0.2) is 39.1 Å². The summed E-state index contributed by atoms with van der Waals surface area (Å²) >= 11 is 3.36. The Morgan fingerprint density at radius 1 is 1.35 bits per heavy atom. The second kappa shape index (κ2) is 6.96. The van der Waals surface area contributed by atoms with Gasteiger partial charge in [-0.2, -0.15) is 5.26 Å². The molecule has 0 bridgehead atoms. The predicted octanol–water partition coefficient (Wildman–Crippen LogP) is 2.46. The van der Waals surface area contributed by atoms with E-state index in [1.54, 1.807) is 26.2 Å². The molecule has 0 N–H and O–H groups in total. The van der Waals surface area contributed by atoms with Gasteiger partial charge in [-0.25, -0.2) is 0 Å². The maximum Gasteiger partial charge on any atom is 0.264 e. The van der Waals surface area contributed by atoms with Crippen LogP contribution in [0.2, 0.25) is 0 Å². The van der Waals surface area contributed by atoms with E-state index in [1.165, 1.54) is 25.2 Å². The zero-order valence-electron chi connectivity index (χ0n) is 11.7. The van der Waals surface area contributed by atoms with Crippen molar-refractivity contribution >= 4 is 27.9 Å². The first-order chi connectivity index (χ1) is 9.44. The summed E-state index contributed by atoms with van der Waals surface area (Å²) in [5, 5.41) is 9.07. The van der Waals surface area contributed by atoms with Gasteiger partial charge in [0, 0.05) is 14.1 Å². The Labute approximate surface area is 126 Å². The van der Waals surface area contributed by atoms with E-state index in [4.69, 9.17) is 14.7 Å². The first-order valence-electron chi connectivity index (χ1n) is 5.69. The molecule has 0 radical (unpaired) electrons. The van der Waals surface area contributed by atoms with Crippen molar-refractivity contribution in [2.75, 3.05) is 28.3 Å². The fourth-order valence-electron chi connectivity index (χ4n) is 1.57. The molecule has 1 aromatic rings. The highest BCUT2D eigenvalue weighted by molar-refractivity contribution is 9.10. The van der Waals surface area contributed by atoms with Gasteiger partial charge in [-0.15, -0.1) is 0 Å². The second-order valence-corrected chi connectivity index (χ2v) is 4.96. The van der Waals surface area contributed by atoms with E-state index < -0.39 is 0 Å². The van der Waals surface area contributed by atoms with Crippen LogP contribution in [0.25, 0.3) is 6.08 Å². The lowest BCUT2D eigenvalue weighted by atomic mass is 10.1. The van der Waals surface area contributed by atoms with E-state index in [-0.39, 0.29) is 11.5 Å². The third-order valence-electron chi connectivity index (χ3n) is 2.52. The van der Waals surface area contributed by atoms with Crippen molar-refractivity contribution in [1.82, 2.24) is 4.90 Å². The monoisotopic (exact) mass is 338 g/mol. The van der Waals surface area contributed by atoms with Gasteiger partial charge in [-0.3, -0.25) is 4.79 Å². The number of likely N-dealkylation sites (N-methyl/N-ethyl adjacent to an activating group) is 1. The van der Waals surface area contributed by atoms with E-state index in [0.29, 0.717) is 21.5 Å². The number of hydrogen-bond donors (Lipinski definition) is 0. The van der Waals surface area contributed by atoms with Crippen molar-refractivity contribution in [3.8, 4) is 17.6 Å². The fraction of sp³-hybridized carbons (Fsp3) is 0.286. The van der Waals surface area contributed by atoms with Gasteiger partial charge in [-0.05, 0) is 39.7 Å². The van der Waals surface area contributed by atoms with Crippen LogP contribution in [-0.2, 0) is 4.79 Å². The van der Waals surface area contributed by atoms with E-state index in [2.05, 4.69) is 15.9 Å². The third-order valence-corrected chi connectivity index (χ3v) is 3.11. The highest BCUT2D eigenvalue weighted by Crippen LogP contribution is 2.36. The largest absolute Gasteiger partial charge is 0.493 e. The number of amides is 1. The van der Waals surface area contributed by atoms with Crippen LogP contribution < -0.4 is 9.47 Å². The van der Waals surface area contributed by atoms with Crippen LogP contribution in [0.4, 0.5) is 0 Å². The number of carbonyl (C=O) groups excluding carboxylic acids is 1. The van der Waals surface area contributed by atoms with Gasteiger partial charge in [0.05, 0.1) is 18.7 Å². The van der Waals surface area contributed by atoms with Crippen LogP contribution in [0.1, 0.15) is 5.56 Å². The van der Waals surface area contributed by atoms with Gasteiger partial charge in [-0.1, -0.05) is 0 Å². The number of methoxy groups -OCH3 is 2.